The number of nitrogen functional groups attached to an aromatic ring is 1. The van der Waals surface area contributed by atoms with Gasteiger partial charge >= 0.3 is 0 Å². The summed E-state index contributed by atoms with van der Waals surface area (Å²) < 4.78 is 2.80. The predicted molar refractivity (Wildman–Crippen MR) is 66.1 cm³/mol. The van der Waals surface area contributed by atoms with Crippen molar-refractivity contribution in [1.82, 2.24) is 0 Å². The Balaban J connectivity index is 0.000000423. The summed E-state index contributed by atoms with van der Waals surface area (Å²) in [5.41, 5.74) is 3.41. The number of rotatable bonds is 1. The largest absolute Gasteiger partial charge is 0.328 e. The van der Waals surface area contributed by atoms with Gasteiger partial charge < -0.3 is 10.6 Å². The van der Waals surface area contributed by atoms with E-state index in [2.05, 4.69) is 53.2 Å². The molecule has 0 saturated carbocycles. The molecule has 1 aromatic rings. The molecule has 0 saturated heterocycles. The molecule has 4 N–H and O–H groups in total. The second kappa shape index (κ2) is 6.99. The van der Waals surface area contributed by atoms with E-state index in [1.165, 1.54) is 0 Å². The maximum absolute atomic E-state index is 8.36. The number of hydrazine groups is 1. The zero-order valence-corrected chi connectivity index (χ0v) is 11.8. The molecule has 84 valence electrons. The highest BCUT2D eigenvalue weighted by Crippen LogP contribution is 2.35. The molecule has 0 heterocycles. The summed E-state index contributed by atoms with van der Waals surface area (Å²) in [5.74, 6) is 5.29. The van der Waals surface area contributed by atoms with Crippen molar-refractivity contribution in [3.8, 4) is 0 Å². The van der Waals surface area contributed by atoms with Gasteiger partial charge in [0.25, 0.3) is 5.09 Å². The van der Waals surface area contributed by atoms with E-state index in [0.717, 1.165) is 19.1 Å². The van der Waals surface area contributed by atoms with Crippen LogP contribution in [-0.2, 0) is 0 Å². The predicted octanol–water partition coefficient (Wildman–Crippen LogP) is 2.91. The molecule has 0 amide bonds. The van der Waals surface area contributed by atoms with Crippen LogP contribution in [0.5, 0.6) is 0 Å². The highest BCUT2D eigenvalue weighted by atomic mass is 79.9. The lowest BCUT2D eigenvalue weighted by Gasteiger charge is -2.06. The van der Waals surface area contributed by atoms with Crippen LogP contribution >= 0.6 is 47.8 Å². The molecule has 6 nitrogen and oxygen atoms in total. The highest BCUT2D eigenvalue weighted by molar-refractivity contribution is 9.13. The molecule has 15 heavy (non-hydrogen) atoms. The van der Waals surface area contributed by atoms with Gasteiger partial charge in [-0.15, -0.1) is 10.1 Å². The van der Waals surface area contributed by atoms with Crippen LogP contribution in [-0.4, -0.2) is 10.3 Å². The van der Waals surface area contributed by atoms with Crippen LogP contribution in [0.25, 0.3) is 0 Å². The molecule has 0 aliphatic heterocycles. The van der Waals surface area contributed by atoms with Crippen LogP contribution in [0.4, 0.5) is 5.69 Å². The zero-order chi connectivity index (χ0) is 12.0. The lowest BCUT2D eigenvalue weighted by Crippen LogP contribution is -2.08. The van der Waals surface area contributed by atoms with Gasteiger partial charge in [0.15, 0.2) is 0 Å². The molecule has 0 unspecified atom stereocenters. The lowest BCUT2D eigenvalue weighted by atomic mass is 10.3. The van der Waals surface area contributed by atoms with Crippen molar-refractivity contribution in [2.75, 3.05) is 5.43 Å². The second-order valence-corrected chi connectivity index (χ2v) is 4.60. The fraction of sp³-hybridized carbons (Fsp3) is 0. The summed E-state index contributed by atoms with van der Waals surface area (Å²) in [7, 11) is 0. The molecule has 0 aliphatic rings. The Kier molecular flexibility index (Phi) is 6.81. The van der Waals surface area contributed by atoms with Gasteiger partial charge in [0.2, 0.25) is 0 Å². The van der Waals surface area contributed by atoms with Crippen LogP contribution in [0, 0.1) is 10.1 Å². The van der Waals surface area contributed by atoms with Gasteiger partial charge in [-0.1, -0.05) is 0 Å². The first-order valence-corrected chi connectivity index (χ1v) is 5.71. The highest BCUT2D eigenvalue weighted by Gasteiger charge is 2.05. The SMILES string of the molecule is NNc1c(Br)ccc(Br)c1Br.O=[N+]([O-])O. The van der Waals surface area contributed by atoms with E-state index in [9.17, 15) is 0 Å². The molecule has 0 radical (unpaired) electrons. The monoisotopic (exact) mass is 405 g/mol. The van der Waals surface area contributed by atoms with Crippen molar-refractivity contribution in [3.63, 3.8) is 0 Å². The number of nitrogens with two attached hydrogens (primary N) is 1. The van der Waals surface area contributed by atoms with Crippen LogP contribution in [0.3, 0.4) is 0 Å². The van der Waals surface area contributed by atoms with Crippen molar-refractivity contribution in [3.05, 3.63) is 35.7 Å². The van der Waals surface area contributed by atoms with Gasteiger partial charge in [0.1, 0.15) is 0 Å². The Hall–Kier alpha value is -0.380. The first kappa shape index (κ1) is 14.6. The first-order chi connectivity index (χ1) is 6.90. The first-order valence-electron chi connectivity index (χ1n) is 3.33. The second-order valence-electron chi connectivity index (χ2n) is 2.10. The summed E-state index contributed by atoms with van der Waals surface area (Å²) >= 11 is 10.1. The Morgan fingerprint density at radius 2 is 1.73 bits per heavy atom. The number of halogens is 3. The normalized spacial score (nSPS) is 8.80. The molecule has 0 spiro atoms. The van der Waals surface area contributed by atoms with Gasteiger partial charge in [-0.3, -0.25) is 5.84 Å². The Morgan fingerprint density at radius 3 is 2.07 bits per heavy atom. The number of benzene rings is 1. The molecule has 0 bridgehead atoms. The van der Waals surface area contributed by atoms with Crippen LogP contribution in [0.15, 0.2) is 25.6 Å². The third-order valence-electron chi connectivity index (χ3n) is 1.19. The zero-order valence-electron chi connectivity index (χ0n) is 7.08. The fourth-order valence-electron chi connectivity index (χ4n) is 0.659. The standard InChI is InChI=1S/C6H5Br3N2.HNO3/c7-3-1-2-4(8)6(11-10)5(3)9;2-1(3)4/h1-2,11H,10H2;(H,2,3,4). The minimum Gasteiger partial charge on any atom is -0.328 e. The minimum absolute atomic E-state index is 0.833. The Labute approximate surface area is 110 Å². The van der Waals surface area contributed by atoms with Crippen LogP contribution < -0.4 is 11.3 Å². The Morgan fingerprint density at radius 1 is 1.33 bits per heavy atom. The van der Waals surface area contributed by atoms with Gasteiger partial charge in [0, 0.05) is 8.95 Å². The number of nitrogens with zero attached hydrogens (tertiary/aromatic N) is 1. The molecule has 1 rings (SSSR count). The topological polar surface area (TPSA) is 101 Å². The van der Waals surface area contributed by atoms with Crippen LogP contribution in [0.2, 0.25) is 0 Å². The van der Waals surface area contributed by atoms with Crippen molar-refractivity contribution < 1.29 is 10.3 Å². The van der Waals surface area contributed by atoms with E-state index in [1.807, 2.05) is 12.1 Å². The van der Waals surface area contributed by atoms with E-state index in [0.29, 0.717) is 0 Å². The molecular weight excluding hydrogens is 402 g/mol. The molecule has 0 aliphatic carbocycles. The summed E-state index contributed by atoms with van der Waals surface area (Å²) in [4.78, 5) is 8.36. The van der Waals surface area contributed by atoms with Crippen molar-refractivity contribution in [2.45, 2.75) is 0 Å². The van der Waals surface area contributed by atoms with E-state index in [4.69, 9.17) is 21.2 Å². The number of hydrogen-bond donors (Lipinski definition) is 3. The average Bonchev–Trinajstić information content (AvgIpc) is 2.12. The molecule has 1 aromatic carbocycles. The van der Waals surface area contributed by atoms with E-state index >= 15 is 0 Å². The van der Waals surface area contributed by atoms with Gasteiger partial charge in [-0.2, -0.15) is 0 Å². The van der Waals surface area contributed by atoms with Crippen molar-refractivity contribution in [2.24, 2.45) is 5.84 Å². The number of anilines is 1. The van der Waals surface area contributed by atoms with E-state index in [-0.39, 0.29) is 0 Å². The fourth-order valence-corrected chi connectivity index (χ4v) is 2.16. The van der Waals surface area contributed by atoms with Gasteiger partial charge in [-0.05, 0) is 59.9 Å². The molecule has 0 atom stereocenters. The third-order valence-corrected chi connectivity index (χ3v) is 3.87. The maximum atomic E-state index is 8.36. The van der Waals surface area contributed by atoms with E-state index < -0.39 is 5.09 Å². The molecule has 9 heteroatoms. The molecule has 0 fully saturated rings. The summed E-state index contributed by atoms with van der Waals surface area (Å²) in [5, 5.41) is 13.6. The summed E-state index contributed by atoms with van der Waals surface area (Å²) in [6.07, 6.45) is 0. The van der Waals surface area contributed by atoms with Gasteiger partial charge in [-0.25, -0.2) is 0 Å². The lowest BCUT2D eigenvalue weighted by molar-refractivity contribution is -0.742. The molecular formula is C6H6Br3N3O3. The van der Waals surface area contributed by atoms with Gasteiger partial charge in [0.05, 0.1) is 10.2 Å². The minimum atomic E-state index is -1.50. The van der Waals surface area contributed by atoms with Crippen LogP contribution in [0.1, 0.15) is 0 Å². The molecule has 0 aromatic heterocycles. The smallest absolute Gasteiger partial charge is 0.291 e. The number of nitrogens with one attached hydrogen (secondary N) is 1. The summed E-state index contributed by atoms with van der Waals surface area (Å²) in [6, 6.07) is 3.83. The average molecular weight is 408 g/mol. The van der Waals surface area contributed by atoms with E-state index in [1.54, 1.807) is 0 Å². The Bertz CT molecular complexity index is 357. The summed E-state index contributed by atoms with van der Waals surface area (Å²) in [6.45, 7) is 0. The van der Waals surface area contributed by atoms with Crippen molar-refractivity contribution in [1.29, 1.82) is 0 Å². The van der Waals surface area contributed by atoms with Crippen molar-refractivity contribution >= 4 is 53.5 Å². The maximum Gasteiger partial charge on any atom is 0.291 e. The third kappa shape index (κ3) is 5.30. The number of hydrogen-bond acceptors (Lipinski definition) is 4. The quantitative estimate of drug-likeness (QED) is 0.287.